The standard InChI is InChI=1S/C18H23FN2O4S/c19-15-4-3-14(11-16(15)26(23,24)21-7-1-2-8-21)17(22)20-9-5-18(12-20)6-10-25-13-18/h3-4,11H,1-2,5-10,12-13H2/t18-/m0/s1. The van der Waals surface area contributed by atoms with Crippen molar-refractivity contribution in [2.75, 3.05) is 39.4 Å². The number of nitrogens with zero attached hydrogens (tertiary/aromatic N) is 2. The molecule has 3 aliphatic rings. The fourth-order valence-electron chi connectivity index (χ4n) is 4.16. The number of carbonyl (C=O) groups is 1. The Bertz CT molecular complexity index is 814. The van der Waals surface area contributed by atoms with Gasteiger partial charge in [-0.15, -0.1) is 0 Å². The minimum Gasteiger partial charge on any atom is -0.381 e. The van der Waals surface area contributed by atoms with Crippen LogP contribution in [-0.2, 0) is 14.8 Å². The van der Waals surface area contributed by atoms with E-state index in [4.69, 9.17) is 4.74 Å². The molecule has 0 unspecified atom stereocenters. The van der Waals surface area contributed by atoms with Gasteiger partial charge in [0.1, 0.15) is 10.7 Å². The third-order valence-electron chi connectivity index (χ3n) is 5.77. The number of amides is 1. The number of hydrogen-bond donors (Lipinski definition) is 0. The molecule has 1 amide bonds. The Morgan fingerprint density at radius 1 is 1.15 bits per heavy atom. The molecule has 1 spiro atoms. The highest BCUT2D eigenvalue weighted by Crippen LogP contribution is 2.38. The van der Waals surface area contributed by atoms with E-state index in [1.54, 1.807) is 4.90 Å². The van der Waals surface area contributed by atoms with E-state index in [9.17, 15) is 17.6 Å². The predicted octanol–water partition coefficient (Wildman–Crippen LogP) is 1.86. The first-order valence-corrected chi connectivity index (χ1v) is 10.5. The summed E-state index contributed by atoms with van der Waals surface area (Å²) in [6.45, 7) is 3.40. The van der Waals surface area contributed by atoms with Crippen LogP contribution in [0.5, 0.6) is 0 Å². The van der Waals surface area contributed by atoms with Crippen molar-refractivity contribution in [2.24, 2.45) is 5.41 Å². The maximum absolute atomic E-state index is 14.3. The van der Waals surface area contributed by atoms with Crippen LogP contribution < -0.4 is 0 Å². The quantitative estimate of drug-likeness (QED) is 0.800. The predicted molar refractivity (Wildman–Crippen MR) is 92.8 cm³/mol. The molecule has 3 fully saturated rings. The molecular formula is C18H23FN2O4S. The van der Waals surface area contributed by atoms with Gasteiger partial charge in [-0.25, -0.2) is 12.8 Å². The Balaban J connectivity index is 1.59. The molecule has 0 saturated carbocycles. The van der Waals surface area contributed by atoms with Gasteiger partial charge in [-0.3, -0.25) is 4.79 Å². The Morgan fingerprint density at radius 2 is 1.92 bits per heavy atom. The zero-order chi connectivity index (χ0) is 18.4. The molecule has 3 aliphatic heterocycles. The monoisotopic (exact) mass is 382 g/mol. The van der Waals surface area contributed by atoms with Crippen molar-refractivity contribution in [3.8, 4) is 0 Å². The summed E-state index contributed by atoms with van der Waals surface area (Å²) >= 11 is 0. The fourth-order valence-corrected chi connectivity index (χ4v) is 5.77. The van der Waals surface area contributed by atoms with E-state index < -0.39 is 20.7 Å². The van der Waals surface area contributed by atoms with Crippen molar-refractivity contribution in [1.29, 1.82) is 0 Å². The van der Waals surface area contributed by atoms with Crippen LogP contribution in [0.3, 0.4) is 0 Å². The van der Waals surface area contributed by atoms with Gasteiger partial charge in [0.15, 0.2) is 0 Å². The summed E-state index contributed by atoms with van der Waals surface area (Å²) in [5.74, 6) is -1.05. The van der Waals surface area contributed by atoms with Crippen LogP contribution in [0.1, 0.15) is 36.0 Å². The number of sulfonamides is 1. The molecule has 0 radical (unpaired) electrons. The zero-order valence-electron chi connectivity index (χ0n) is 14.6. The van der Waals surface area contributed by atoms with Crippen LogP contribution >= 0.6 is 0 Å². The van der Waals surface area contributed by atoms with Crippen LogP contribution in [0, 0.1) is 11.2 Å². The molecule has 1 aromatic carbocycles. The van der Waals surface area contributed by atoms with Crippen molar-refractivity contribution in [3.05, 3.63) is 29.6 Å². The maximum Gasteiger partial charge on any atom is 0.253 e. The number of ether oxygens (including phenoxy) is 1. The molecular weight excluding hydrogens is 359 g/mol. The molecule has 26 heavy (non-hydrogen) atoms. The lowest BCUT2D eigenvalue weighted by Gasteiger charge is -2.22. The van der Waals surface area contributed by atoms with Gasteiger partial charge in [-0.2, -0.15) is 4.31 Å². The molecule has 0 bridgehead atoms. The lowest BCUT2D eigenvalue weighted by Crippen LogP contribution is -2.33. The van der Waals surface area contributed by atoms with Crippen LogP contribution in [0.4, 0.5) is 4.39 Å². The van der Waals surface area contributed by atoms with E-state index in [1.807, 2.05) is 0 Å². The van der Waals surface area contributed by atoms with E-state index in [0.29, 0.717) is 32.8 Å². The second-order valence-corrected chi connectivity index (χ2v) is 9.44. The highest BCUT2D eigenvalue weighted by Gasteiger charge is 2.43. The molecule has 8 heteroatoms. The van der Waals surface area contributed by atoms with Gasteiger partial charge in [-0.05, 0) is 43.9 Å². The lowest BCUT2D eigenvalue weighted by molar-refractivity contribution is 0.0765. The van der Waals surface area contributed by atoms with Gasteiger partial charge in [0.05, 0.1) is 6.61 Å². The summed E-state index contributed by atoms with van der Waals surface area (Å²) in [4.78, 5) is 14.2. The van der Waals surface area contributed by atoms with Crippen molar-refractivity contribution >= 4 is 15.9 Å². The topological polar surface area (TPSA) is 66.9 Å². The van der Waals surface area contributed by atoms with Crippen molar-refractivity contribution in [2.45, 2.75) is 30.6 Å². The lowest BCUT2D eigenvalue weighted by atomic mass is 9.87. The van der Waals surface area contributed by atoms with Gasteiger partial charge in [0.25, 0.3) is 5.91 Å². The normalized spacial score (nSPS) is 26.9. The second kappa shape index (κ2) is 6.58. The molecule has 142 valence electrons. The van der Waals surface area contributed by atoms with Crippen LogP contribution in [0.25, 0.3) is 0 Å². The van der Waals surface area contributed by atoms with Crippen molar-refractivity contribution in [1.82, 2.24) is 9.21 Å². The molecule has 0 aliphatic carbocycles. The number of benzene rings is 1. The number of likely N-dealkylation sites (tertiary alicyclic amines) is 1. The van der Waals surface area contributed by atoms with E-state index in [-0.39, 0.29) is 16.9 Å². The maximum atomic E-state index is 14.3. The summed E-state index contributed by atoms with van der Waals surface area (Å²) in [5.41, 5.74) is 0.250. The molecule has 1 aromatic rings. The molecule has 3 saturated heterocycles. The first-order chi connectivity index (χ1) is 12.4. The molecule has 6 nitrogen and oxygen atoms in total. The molecule has 0 aromatic heterocycles. The van der Waals surface area contributed by atoms with Crippen LogP contribution in [-0.4, -0.2) is 62.9 Å². The first-order valence-electron chi connectivity index (χ1n) is 9.08. The zero-order valence-corrected chi connectivity index (χ0v) is 15.4. The third-order valence-corrected chi connectivity index (χ3v) is 7.69. The minimum absolute atomic E-state index is 0.0279. The average molecular weight is 382 g/mol. The summed E-state index contributed by atoms with van der Waals surface area (Å²) in [6.07, 6.45) is 3.38. The Labute approximate surface area is 153 Å². The number of hydrogen-bond acceptors (Lipinski definition) is 4. The number of rotatable bonds is 3. The Hall–Kier alpha value is -1.51. The third kappa shape index (κ3) is 3.04. The average Bonchev–Trinajstić information content (AvgIpc) is 3.38. The van der Waals surface area contributed by atoms with Crippen LogP contribution in [0.2, 0.25) is 0 Å². The summed E-state index contributed by atoms with van der Waals surface area (Å²) in [7, 11) is -3.90. The van der Waals surface area contributed by atoms with Crippen LogP contribution in [0.15, 0.2) is 23.1 Å². The summed E-state index contributed by atoms with van der Waals surface area (Å²) in [5, 5.41) is 0. The van der Waals surface area contributed by atoms with Crippen molar-refractivity contribution < 1.29 is 22.3 Å². The van der Waals surface area contributed by atoms with E-state index >= 15 is 0 Å². The Kier molecular flexibility index (Phi) is 4.53. The van der Waals surface area contributed by atoms with E-state index in [0.717, 1.165) is 38.4 Å². The molecule has 0 N–H and O–H groups in total. The highest BCUT2D eigenvalue weighted by atomic mass is 32.2. The SMILES string of the molecule is O=C(c1ccc(F)c(S(=O)(=O)N2CCCC2)c1)N1CC[C@]2(CCOC2)C1. The van der Waals surface area contributed by atoms with Crippen molar-refractivity contribution in [3.63, 3.8) is 0 Å². The van der Waals surface area contributed by atoms with E-state index in [2.05, 4.69) is 0 Å². The first kappa shape index (κ1) is 17.9. The summed E-state index contributed by atoms with van der Waals surface area (Å²) < 4.78 is 46.4. The minimum atomic E-state index is -3.90. The van der Waals surface area contributed by atoms with E-state index in [1.165, 1.54) is 16.4 Å². The largest absolute Gasteiger partial charge is 0.381 e. The fraction of sp³-hybridized carbons (Fsp3) is 0.611. The van der Waals surface area contributed by atoms with Gasteiger partial charge in [-0.1, -0.05) is 0 Å². The van der Waals surface area contributed by atoms with Gasteiger partial charge >= 0.3 is 0 Å². The van der Waals surface area contributed by atoms with Gasteiger partial charge < -0.3 is 9.64 Å². The number of carbonyl (C=O) groups excluding carboxylic acids is 1. The van der Waals surface area contributed by atoms with Gasteiger partial charge in [0.2, 0.25) is 10.0 Å². The highest BCUT2D eigenvalue weighted by molar-refractivity contribution is 7.89. The molecule has 1 atom stereocenters. The second-order valence-electron chi connectivity index (χ2n) is 7.54. The molecule has 4 rings (SSSR count). The summed E-state index contributed by atoms with van der Waals surface area (Å²) in [6, 6.07) is 3.65. The Morgan fingerprint density at radius 3 is 2.62 bits per heavy atom. The smallest absolute Gasteiger partial charge is 0.253 e. The van der Waals surface area contributed by atoms with Gasteiger partial charge in [0, 0.05) is 43.8 Å². The molecule has 3 heterocycles. The number of halogens is 1.